The van der Waals surface area contributed by atoms with E-state index in [1.54, 1.807) is 20.2 Å². The third kappa shape index (κ3) is 3.72. The number of nitrogens with zero attached hydrogens (tertiary/aromatic N) is 4. The highest BCUT2D eigenvalue weighted by atomic mass is 16.5. The number of benzene rings is 1. The maximum atomic E-state index is 12.7. The van der Waals surface area contributed by atoms with Crippen molar-refractivity contribution in [2.45, 2.75) is 45.4 Å². The molecule has 0 N–H and O–H groups in total. The lowest BCUT2D eigenvalue weighted by molar-refractivity contribution is -0.130. The molecule has 158 valence electrons. The molecule has 2 aromatic heterocycles. The molecule has 0 radical (unpaired) electrons. The van der Waals surface area contributed by atoms with Crippen LogP contribution < -0.4 is 10.3 Å². The molecular formula is C23H28N4O3. The smallest absolute Gasteiger partial charge is 0.279 e. The lowest BCUT2D eigenvalue weighted by Crippen LogP contribution is -2.37. The van der Waals surface area contributed by atoms with E-state index in [0.717, 1.165) is 31.8 Å². The van der Waals surface area contributed by atoms with Crippen molar-refractivity contribution in [2.24, 2.45) is 7.05 Å². The van der Waals surface area contributed by atoms with Crippen LogP contribution in [0.5, 0.6) is 11.6 Å². The number of ether oxygens (including phenoxy) is 1. The van der Waals surface area contributed by atoms with Gasteiger partial charge in [-0.1, -0.05) is 26.0 Å². The van der Waals surface area contributed by atoms with E-state index in [1.807, 2.05) is 41.5 Å². The van der Waals surface area contributed by atoms with Gasteiger partial charge in [-0.25, -0.2) is 4.98 Å². The Bertz CT molecular complexity index is 1130. The highest BCUT2D eigenvalue weighted by Gasteiger charge is 2.23. The zero-order valence-corrected chi connectivity index (χ0v) is 18.0. The van der Waals surface area contributed by atoms with Crippen molar-refractivity contribution in [3.63, 3.8) is 0 Å². The third-order valence-corrected chi connectivity index (χ3v) is 5.88. The second-order valence-corrected chi connectivity index (χ2v) is 8.33. The Morgan fingerprint density at radius 2 is 1.97 bits per heavy atom. The van der Waals surface area contributed by atoms with E-state index in [1.165, 1.54) is 10.1 Å². The first-order valence-electron chi connectivity index (χ1n) is 10.5. The molecule has 1 saturated heterocycles. The predicted octanol–water partition coefficient (Wildman–Crippen LogP) is 3.67. The summed E-state index contributed by atoms with van der Waals surface area (Å²) < 4.78 is 9.37. The average molecular weight is 409 g/mol. The van der Waals surface area contributed by atoms with Crippen LogP contribution in [0.4, 0.5) is 0 Å². The molecular weight excluding hydrogens is 380 g/mol. The molecule has 1 amide bonds. The highest BCUT2D eigenvalue weighted by Crippen LogP contribution is 2.29. The predicted molar refractivity (Wildman–Crippen MR) is 115 cm³/mol. The Morgan fingerprint density at radius 3 is 2.63 bits per heavy atom. The van der Waals surface area contributed by atoms with Crippen molar-refractivity contribution in [3.8, 4) is 11.6 Å². The lowest BCUT2D eigenvalue weighted by atomic mass is 9.90. The molecule has 4 rings (SSSR count). The van der Waals surface area contributed by atoms with Gasteiger partial charge in [-0.15, -0.1) is 0 Å². The fourth-order valence-corrected chi connectivity index (χ4v) is 4.12. The Morgan fingerprint density at radius 1 is 1.23 bits per heavy atom. The Hall–Kier alpha value is -3.09. The molecule has 7 nitrogen and oxygen atoms in total. The molecule has 0 unspecified atom stereocenters. The fraction of sp³-hybridized carbons (Fsp3) is 0.435. The van der Waals surface area contributed by atoms with Gasteiger partial charge >= 0.3 is 0 Å². The van der Waals surface area contributed by atoms with Crippen LogP contribution in [0.25, 0.3) is 5.52 Å². The van der Waals surface area contributed by atoms with Crippen molar-refractivity contribution >= 4 is 11.4 Å². The van der Waals surface area contributed by atoms with E-state index in [-0.39, 0.29) is 17.4 Å². The van der Waals surface area contributed by atoms with Crippen molar-refractivity contribution in [3.05, 3.63) is 58.4 Å². The number of hydrogen-bond donors (Lipinski definition) is 0. The van der Waals surface area contributed by atoms with Crippen LogP contribution in [-0.4, -0.2) is 37.8 Å². The zero-order chi connectivity index (χ0) is 21.4. The first-order chi connectivity index (χ1) is 14.3. The normalized spacial score (nSPS) is 17.0. The van der Waals surface area contributed by atoms with Crippen molar-refractivity contribution < 1.29 is 9.53 Å². The van der Waals surface area contributed by atoms with Gasteiger partial charge in [-0.2, -0.15) is 0 Å². The molecule has 0 bridgehead atoms. The van der Waals surface area contributed by atoms with Gasteiger partial charge in [-0.05, 0) is 30.5 Å². The summed E-state index contributed by atoms with van der Waals surface area (Å²) in [5.41, 5.74) is 1.60. The van der Waals surface area contributed by atoms with Crippen molar-refractivity contribution in [1.82, 2.24) is 18.9 Å². The largest absolute Gasteiger partial charge is 0.439 e. The number of imidazole rings is 1. The molecule has 0 saturated carbocycles. The van der Waals surface area contributed by atoms with E-state index >= 15 is 0 Å². The minimum atomic E-state index is -0.143. The minimum absolute atomic E-state index is 0.135. The standard InChI is InChI=1S/C23H28N4O3/c1-15(2)22-24-12-20-23(29)25(4)21(14-27(20)22)30-19-9-7-17(8-10-19)18-6-5-11-26(13-18)16(3)28/h7-10,12,14-15,18H,5-6,11,13H2,1-4H3/t18-/m0/s1. The van der Waals surface area contributed by atoms with E-state index < -0.39 is 0 Å². The van der Waals surface area contributed by atoms with Crippen LogP contribution in [0.15, 0.2) is 41.5 Å². The number of piperidine rings is 1. The molecule has 1 aliphatic heterocycles. The molecule has 0 aliphatic carbocycles. The van der Waals surface area contributed by atoms with Crippen LogP contribution in [0.1, 0.15) is 56.8 Å². The number of likely N-dealkylation sites (tertiary alicyclic amines) is 1. The summed E-state index contributed by atoms with van der Waals surface area (Å²) in [4.78, 5) is 30.7. The monoisotopic (exact) mass is 408 g/mol. The van der Waals surface area contributed by atoms with Gasteiger partial charge in [0.2, 0.25) is 11.8 Å². The zero-order valence-electron chi connectivity index (χ0n) is 18.0. The number of fused-ring (bicyclic) bond motifs is 1. The van der Waals surface area contributed by atoms with E-state index in [4.69, 9.17) is 4.74 Å². The minimum Gasteiger partial charge on any atom is -0.439 e. The number of amides is 1. The van der Waals surface area contributed by atoms with Crippen LogP contribution in [-0.2, 0) is 11.8 Å². The summed E-state index contributed by atoms with van der Waals surface area (Å²) >= 11 is 0. The lowest BCUT2D eigenvalue weighted by Gasteiger charge is -2.32. The van der Waals surface area contributed by atoms with Crippen molar-refractivity contribution in [1.29, 1.82) is 0 Å². The topological polar surface area (TPSA) is 68.8 Å². The first-order valence-corrected chi connectivity index (χ1v) is 10.5. The molecule has 1 atom stereocenters. The van der Waals surface area contributed by atoms with Crippen molar-refractivity contribution in [2.75, 3.05) is 13.1 Å². The Labute approximate surface area is 175 Å². The molecule has 1 aromatic carbocycles. The Kier molecular flexibility index (Phi) is 5.37. The maximum absolute atomic E-state index is 12.7. The maximum Gasteiger partial charge on any atom is 0.279 e. The van der Waals surface area contributed by atoms with Gasteiger partial charge in [0, 0.05) is 38.9 Å². The van der Waals surface area contributed by atoms with Gasteiger partial charge in [-0.3, -0.25) is 18.6 Å². The summed E-state index contributed by atoms with van der Waals surface area (Å²) in [7, 11) is 1.70. The summed E-state index contributed by atoms with van der Waals surface area (Å²) in [5, 5.41) is 0. The van der Waals surface area contributed by atoms with E-state index in [9.17, 15) is 9.59 Å². The van der Waals surface area contributed by atoms with Crippen LogP contribution in [0, 0.1) is 0 Å². The summed E-state index contributed by atoms with van der Waals surface area (Å²) in [6.45, 7) is 7.33. The molecule has 0 spiro atoms. The van der Waals surface area contributed by atoms with Crippen LogP contribution in [0.2, 0.25) is 0 Å². The number of hydrogen-bond acceptors (Lipinski definition) is 4. The molecule has 3 aromatic rings. The molecule has 1 aliphatic rings. The molecule has 1 fully saturated rings. The van der Waals surface area contributed by atoms with E-state index in [0.29, 0.717) is 23.1 Å². The molecule has 3 heterocycles. The summed E-state index contributed by atoms with van der Waals surface area (Å²) in [5.74, 6) is 2.62. The second-order valence-electron chi connectivity index (χ2n) is 8.33. The highest BCUT2D eigenvalue weighted by molar-refractivity contribution is 5.73. The number of rotatable bonds is 4. The third-order valence-electron chi connectivity index (χ3n) is 5.88. The number of aromatic nitrogens is 3. The van der Waals surface area contributed by atoms with E-state index in [2.05, 4.69) is 17.1 Å². The Balaban J connectivity index is 1.58. The molecule has 7 heteroatoms. The SMILES string of the molecule is CC(=O)N1CCC[C@H](c2ccc(Oc3cn4c(C(C)C)ncc4c(=O)n3C)cc2)C1. The average Bonchev–Trinajstić information content (AvgIpc) is 3.16. The van der Waals surface area contributed by atoms with Gasteiger partial charge in [0.15, 0.2) is 0 Å². The molecule has 30 heavy (non-hydrogen) atoms. The van der Waals surface area contributed by atoms with Gasteiger partial charge in [0.1, 0.15) is 17.1 Å². The van der Waals surface area contributed by atoms with Crippen LogP contribution >= 0.6 is 0 Å². The number of carbonyl (C=O) groups excluding carboxylic acids is 1. The summed E-state index contributed by atoms with van der Waals surface area (Å²) in [6.07, 6.45) is 5.53. The van der Waals surface area contributed by atoms with Crippen LogP contribution in [0.3, 0.4) is 0 Å². The fourth-order valence-electron chi connectivity index (χ4n) is 4.12. The van der Waals surface area contributed by atoms with Gasteiger partial charge in [0.25, 0.3) is 5.56 Å². The summed E-state index contributed by atoms with van der Waals surface area (Å²) in [6, 6.07) is 7.95. The van der Waals surface area contributed by atoms with Gasteiger partial charge in [0.05, 0.1) is 12.4 Å². The first kappa shape index (κ1) is 20.2. The number of carbonyl (C=O) groups is 1. The second kappa shape index (κ2) is 7.97. The quantitative estimate of drug-likeness (QED) is 0.660. The van der Waals surface area contributed by atoms with Gasteiger partial charge < -0.3 is 9.64 Å².